The van der Waals surface area contributed by atoms with E-state index in [0.717, 1.165) is 4.57 Å². The number of benzene rings is 1. The van der Waals surface area contributed by atoms with E-state index in [2.05, 4.69) is 10.9 Å². The number of rotatable bonds is 5. The molecule has 1 N–H and O–H groups in total. The summed E-state index contributed by atoms with van der Waals surface area (Å²) in [5.74, 6) is 2.81. The van der Waals surface area contributed by atoms with Gasteiger partial charge in [0.15, 0.2) is 11.5 Å². The second-order valence-electron chi connectivity index (χ2n) is 5.38. The Labute approximate surface area is 146 Å². The van der Waals surface area contributed by atoms with Crippen molar-refractivity contribution in [3.63, 3.8) is 0 Å². The predicted molar refractivity (Wildman–Crippen MR) is 88.0 cm³/mol. The second-order valence-corrected chi connectivity index (χ2v) is 5.38. The van der Waals surface area contributed by atoms with Crippen LogP contribution in [0.2, 0.25) is 0 Å². The third kappa shape index (κ3) is 3.15. The number of aromatic nitrogens is 2. The van der Waals surface area contributed by atoms with Crippen molar-refractivity contribution in [1.29, 1.82) is 0 Å². The average Bonchev–Trinajstić information content (AvgIpc) is 3.07. The molecule has 0 saturated carbocycles. The van der Waals surface area contributed by atoms with Crippen LogP contribution in [0.1, 0.15) is 24.2 Å². The van der Waals surface area contributed by atoms with E-state index >= 15 is 0 Å². The minimum atomic E-state index is -0.752. The van der Waals surface area contributed by atoms with E-state index in [4.69, 9.17) is 20.6 Å². The van der Waals surface area contributed by atoms with Crippen LogP contribution in [0.25, 0.3) is 0 Å². The number of nitrogens with one attached hydrogen (secondary N) is 1. The fraction of sp³-hybridized carbons (Fsp3) is 0.250. The molecule has 0 spiro atoms. The zero-order chi connectivity index (χ0) is 18.8. The first-order valence-electron chi connectivity index (χ1n) is 7.40. The minimum absolute atomic E-state index is 0.0210. The summed E-state index contributed by atoms with van der Waals surface area (Å²) in [5.41, 5.74) is -1.35. The van der Waals surface area contributed by atoms with E-state index in [1.165, 1.54) is 18.3 Å². The third-order valence-electron chi connectivity index (χ3n) is 3.79. The Balaban J connectivity index is 1.87. The molecule has 0 radical (unpaired) electrons. The van der Waals surface area contributed by atoms with Crippen LogP contribution in [0, 0.1) is 22.5 Å². The van der Waals surface area contributed by atoms with Gasteiger partial charge in [-0.15, -0.1) is 6.42 Å². The van der Waals surface area contributed by atoms with Gasteiger partial charge < -0.3 is 14.2 Å². The Kier molecular flexibility index (Phi) is 4.47. The molecule has 2 aromatic rings. The van der Waals surface area contributed by atoms with Crippen molar-refractivity contribution >= 4 is 5.69 Å². The molecule has 1 unspecified atom stereocenters. The van der Waals surface area contributed by atoms with Crippen molar-refractivity contribution in [2.24, 2.45) is 0 Å². The van der Waals surface area contributed by atoms with Crippen molar-refractivity contribution in [2.75, 3.05) is 6.79 Å². The van der Waals surface area contributed by atoms with Gasteiger partial charge in [-0.1, -0.05) is 5.92 Å². The number of aromatic amines is 1. The summed E-state index contributed by atoms with van der Waals surface area (Å²) in [6.07, 6.45) is 5.63. The number of nitro groups is 1. The smallest absolute Gasteiger partial charge is 0.330 e. The van der Waals surface area contributed by atoms with Gasteiger partial charge in [-0.05, 0) is 13.0 Å². The van der Waals surface area contributed by atoms with Crippen LogP contribution in [0.15, 0.2) is 27.9 Å². The number of hydrogen-bond donors (Lipinski definition) is 1. The summed E-state index contributed by atoms with van der Waals surface area (Å²) in [4.78, 5) is 36.1. The van der Waals surface area contributed by atoms with Gasteiger partial charge in [-0.3, -0.25) is 24.5 Å². The Morgan fingerprint density at radius 1 is 1.42 bits per heavy atom. The monoisotopic (exact) mass is 359 g/mol. The van der Waals surface area contributed by atoms with Crippen LogP contribution < -0.4 is 20.7 Å². The molecule has 26 heavy (non-hydrogen) atoms. The highest BCUT2D eigenvalue weighted by Crippen LogP contribution is 2.40. The zero-order valence-electron chi connectivity index (χ0n) is 13.6. The first-order chi connectivity index (χ1) is 12.4. The second kappa shape index (κ2) is 6.73. The molecule has 1 atom stereocenters. The van der Waals surface area contributed by atoms with Crippen molar-refractivity contribution in [1.82, 2.24) is 9.55 Å². The van der Waals surface area contributed by atoms with Gasteiger partial charge in [0.25, 0.3) is 11.2 Å². The molecule has 1 aromatic carbocycles. The lowest BCUT2D eigenvalue weighted by Crippen LogP contribution is -2.31. The first-order valence-corrected chi connectivity index (χ1v) is 7.40. The molecule has 0 bridgehead atoms. The lowest BCUT2D eigenvalue weighted by atomic mass is 10.1. The molecular formula is C16H13N3O7. The van der Waals surface area contributed by atoms with Crippen molar-refractivity contribution < 1.29 is 19.1 Å². The lowest BCUT2D eigenvalue weighted by molar-refractivity contribution is -0.386. The highest BCUT2D eigenvalue weighted by atomic mass is 16.7. The maximum atomic E-state index is 11.8. The molecule has 0 fully saturated rings. The molecular weight excluding hydrogens is 346 g/mol. The fourth-order valence-electron chi connectivity index (χ4n) is 2.42. The van der Waals surface area contributed by atoms with Gasteiger partial charge >= 0.3 is 5.69 Å². The summed E-state index contributed by atoms with van der Waals surface area (Å²) in [6.45, 7) is 1.30. The quantitative estimate of drug-likeness (QED) is 0.477. The van der Waals surface area contributed by atoms with E-state index in [1.807, 2.05) is 0 Å². The molecule has 10 heteroatoms. The number of fused-ring (bicyclic) bond motifs is 1. The molecule has 0 amide bonds. The van der Waals surface area contributed by atoms with Gasteiger partial charge in [-0.2, -0.15) is 0 Å². The lowest BCUT2D eigenvalue weighted by Gasteiger charge is -2.15. The van der Waals surface area contributed by atoms with E-state index in [1.54, 1.807) is 6.92 Å². The van der Waals surface area contributed by atoms with Gasteiger partial charge in [-0.25, -0.2) is 4.79 Å². The molecule has 1 aromatic heterocycles. The predicted octanol–water partition coefficient (Wildman–Crippen LogP) is 0.890. The molecule has 10 nitrogen and oxygen atoms in total. The molecule has 2 heterocycles. The van der Waals surface area contributed by atoms with Crippen molar-refractivity contribution in [3.8, 4) is 23.8 Å². The van der Waals surface area contributed by atoms with Crippen LogP contribution in [-0.2, 0) is 11.5 Å². The largest absolute Gasteiger partial charge is 0.454 e. The number of nitro benzene ring substituents is 1. The maximum Gasteiger partial charge on any atom is 0.330 e. The average molecular weight is 359 g/mol. The summed E-state index contributed by atoms with van der Waals surface area (Å²) in [6, 6.07) is 2.73. The molecule has 0 saturated heterocycles. The number of nitrogens with zero attached hydrogens (tertiary/aromatic N) is 2. The molecule has 1 aliphatic rings. The summed E-state index contributed by atoms with van der Waals surface area (Å²) < 4.78 is 17.0. The number of H-pyrrole nitrogens is 1. The number of terminal acetylenes is 1. The van der Waals surface area contributed by atoms with Crippen molar-refractivity contribution in [2.45, 2.75) is 19.8 Å². The maximum absolute atomic E-state index is 11.8. The van der Waals surface area contributed by atoms with Gasteiger partial charge in [0.05, 0.1) is 22.7 Å². The molecule has 3 rings (SSSR count). The van der Waals surface area contributed by atoms with E-state index in [9.17, 15) is 19.7 Å². The topological polar surface area (TPSA) is 126 Å². The first kappa shape index (κ1) is 17.2. The van der Waals surface area contributed by atoms with Gasteiger partial charge in [0.1, 0.15) is 12.3 Å². The van der Waals surface area contributed by atoms with E-state index in [0.29, 0.717) is 5.75 Å². The van der Waals surface area contributed by atoms with Crippen LogP contribution in [0.5, 0.6) is 11.5 Å². The van der Waals surface area contributed by atoms with Crippen LogP contribution in [0.4, 0.5) is 5.69 Å². The molecule has 134 valence electrons. The summed E-state index contributed by atoms with van der Waals surface area (Å²) in [7, 11) is 0. The standard InChI is InChI=1S/C16H13N3O7/c1-3-10-6-18(16(21)17-15(10)20)7-24-9(2)11-4-13-14(26-8-25-13)5-12(11)19(22)23/h1,4-6,9H,7-8H2,2H3,(H,17,20,21). The van der Waals surface area contributed by atoms with Crippen LogP contribution in [0.3, 0.4) is 0 Å². The highest BCUT2D eigenvalue weighted by molar-refractivity contribution is 5.55. The van der Waals surface area contributed by atoms with Crippen LogP contribution >= 0.6 is 0 Å². The molecule has 1 aliphatic heterocycles. The summed E-state index contributed by atoms with van der Waals surface area (Å²) >= 11 is 0. The van der Waals surface area contributed by atoms with E-state index < -0.39 is 22.3 Å². The Morgan fingerprint density at radius 2 is 2.12 bits per heavy atom. The highest BCUT2D eigenvalue weighted by Gasteiger charge is 2.26. The zero-order valence-corrected chi connectivity index (χ0v) is 13.6. The minimum Gasteiger partial charge on any atom is -0.454 e. The Bertz CT molecular complexity index is 1030. The van der Waals surface area contributed by atoms with Gasteiger partial charge in [0, 0.05) is 6.20 Å². The SMILES string of the molecule is C#Cc1cn(COC(C)c2cc3c(cc2[N+](=O)[O-])OCO3)c(=O)[nH]c1=O. The number of ether oxygens (including phenoxy) is 3. The normalized spacial score (nSPS) is 13.2. The van der Waals surface area contributed by atoms with Crippen molar-refractivity contribution in [3.05, 3.63) is 60.4 Å². The fourth-order valence-corrected chi connectivity index (χ4v) is 2.42. The summed E-state index contributed by atoms with van der Waals surface area (Å²) in [5, 5.41) is 11.3. The van der Waals surface area contributed by atoms with Crippen LogP contribution in [-0.4, -0.2) is 21.3 Å². The Hall–Kier alpha value is -3.58. The third-order valence-corrected chi connectivity index (χ3v) is 3.79. The Morgan fingerprint density at radius 3 is 2.77 bits per heavy atom. The van der Waals surface area contributed by atoms with E-state index in [-0.39, 0.29) is 36.1 Å². The number of hydrogen-bond acceptors (Lipinski definition) is 7. The molecule has 0 aliphatic carbocycles. The van der Waals surface area contributed by atoms with Gasteiger partial charge in [0.2, 0.25) is 6.79 Å².